The number of rotatable bonds is 17. The minimum atomic E-state index is -1.14. The van der Waals surface area contributed by atoms with Crippen LogP contribution >= 0.6 is 21.6 Å². The van der Waals surface area contributed by atoms with Gasteiger partial charge < -0.3 is 26.0 Å². The molecule has 3 rings (SSSR count). The van der Waals surface area contributed by atoms with Crippen molar-refractivity contribution >= 4 is 56.7 Å². The van der Waals surface area contributed by atoms with Gasteiger partial charge >= 0.3 is 0 Å². The highest BCUT2D eigenvalue weighted by molar-refractivity contribution is 8.77. The highest BCUT2D eigenvalue weighted by Gasteiger charge is 2.31. The van der Waals surface area contributed by atoms with Crippen LogP contribution in [0.1, 0.15) is 68.8 Å². The van der Waals surface area contributed by atoms with Gasteiger partial charge in [0.05, 0.1) is 7.11 Å². The zero-order chi connectivity index (χ0) is 32.8. The van der Waals surface area contributed by atoms with Gasteiger partial charge in [-0.25, -0.2) is 0 Å². The highest BCUT2D eigenvalue weighted by Crippen LogP contribution is 2.39. The van der Waals surface area contributed by atoms with E-state index in [4.69, 9.17) is 4.74 Å². The maximum Gasteiger partial charge on any atom is 0.289 e. The molecule has 12 heteroatoms. The van der Waals surface area contributed by atoms with Crippen LogP contribution in [0, 0.1) is 5.92 Å². The number of Topliss-reactive ketones (excluding diaryl/α,β-unsaturated/α-hetero) is 1. The van der Waals surface area contributed by atoms with Crippen molar-refractivity contribution in [2.24, 2.45) is 5.92 Å². The van der Waals surface area contributed by atoms with Gasteiger partial charge in [0.2, 0.25) is 17.6 Å². The number of anilines is 1. The maximum absolute atomic E-state index is 13.4. The summed E-state index contributed by atoms with van der Waals surface area (Å²) in [5, 5.41) is 11.5. The monoisotopic (exact) mass is 656 g/mol. The predicted molar refractivity (Wildman–Crippen MR) is 180 cm³/mol. The number of nitrogens with one attached hydrogen (secondary N) is 4. The Morgan fingerprint density at radius 2 is 1.67 bits per heavy atom. The molecule has 0 bridgehead atoms. The van der Waals surface area contributed by atoms with Crippen molar-refractivity contribution in [3.05, 3.63) is 59.7 Å². The van der Waals surface area contributed by atoms with Crippen molar-refractivity contribution in [2.45, 2.75) is 76.6 Å². The summed E-state index contributed by atoms with van der Waals surface area (Å²) in [6, 6.07) is 11.3. The average Bonchev–Trinajstić information content (AvgIpc) is 3.55. The van der Waals surface area contributed by atoms with Gasteiger partial charge in [-0.05, 0) is 74.1 Å². The van der Waals surface area contributed by atoms with Gasteiger partial charge in [0.25, 0.3) is 11.8 Å². The number of carbonyl (C=O) groups is 5. The summed E-state index contributed by atoms with van der Waals surface area (Å²) in [7, 11) is 5.42. The summed E-state index contributed by atoms with van der Waals surface area (Å²) in [5.41, 5.74) is 1.62. The Bertz CT molecular complexity index is 1300. The fourth-order valence-corrected chi connectivity index (χ4v) is 7.81. The van der Waals surface area contributed by atoms with Crippen molar-refractivity contribution in [3.63, 3.8) is 0 Å². The van der Waals surface area contributed by atoms with E-state index in [1.54, 1.807) is 76.4 Å². The zero-order valence-corrected chi connectivity index (χ0v) is 28.0. The van der Waals surface area contributed by atoms with E-state index in [-0.39, 0.29) is 24.8 Å². The molecule has 1 heterocycles. The lowest BCUT2D eigenvalue weighted by atomic mass is 9.98. The fraction of sp³-hybridized carbons (Fsp3) is 0.485. The number of likely N-dealkylation sites (N-methyl/N-ethyl adjacent to an activating group) is 1. The third-order valence-corrected chi connectivity index (χ3v) is 10.4. The molecule has 0 radical (unpaired) electrons. The number of hydrogen-bond donors (Lipinski definition) is 4. The second kappa shape index (κ2) is 18.5. The molecule has 10 nitrogen and oxygen atoms in total. The van der Waals surface area contributed by atoms with E-state index in [1.807, 2.05) is 21.6 Å². The van der Waals surface area contributed by atoms with Gasteiger partial charge in [0.1, 0.15) is 17.8 Å². The van der Waals surface area contributed by atoms with Gasteiger partial charge in [-0.2, -0.15) is 0 Å². The summed E-state index contributed by atoms with van der Waals surface area (Å²) in [6.45, 7) is 5.52. The van der Waals surface area contributed by atoms with E-state index in [1.165, 1.54) is 12.2 Å². The third-order valence-electron chi connectivity index (χ3n) is 7.37. The number of unbranched alkanes of at least 4 members (excludes halogenated alkanes) is 1. The molecule has 2 aromatic rings. The zero-order valence-electron chi connectivity index (χ0n) is 26.4. The van der Waals surface area contributed by atoms with Crippen LogP contribution in [0.5, 0.6) is 5.75 Å². The Labute approximate surface area is 273 Å². The predicted octanol–water partition coefficient (Wildman–Crippen LogP) is 4.53. The van der Waals surface area contributed by atoms with Crippen molar-refractivity contribution < 1.29 is 28.7 Å². The molecule has 4 N–H and O–H groups in total. The average molecular weight is 657 g/mol. The third kappa shape index (κ3) is 11.7. The van der Waals surface area contributed by atoms with Crippen molar-refractivity contribution in [2.75, 3.05) is 24.7 Å². The summed E-state index contributed by atoms with van der Waals surface area (Å²) in [4.78, 5) is 64.3. The first-order valence-electron chi connectivity index (χ1n) is 15.4. The molecule has 45 heavy (non-hydrogen) atoms. The molecular weight excluding hydrogens is 613 g/mol. The van der Waals surface area contributed by atoms with E-state index < -0.39 is 35.6 Å². The minimum Gasteiger partial charge on any atom is -0.497 e. The summed E-state index contributed by atoms with van der Waals surface area (Å²) < 4.78 is 5.18. The Balaban J connectivity index is 1.58. The van der Waals surface area contributed by atoms with Crippen LogP contribution in [0.25, 0.3) is 0 Å². The molecule has 0 aromatic heterocycles. The number of amides is 4. The van der Waals surface area contributed by atoms with E-state index in [0.717, 1.165) is 24.8 Å². The molecule has 0 aliphatic carbocycles. The second-order valence-electron chi connectivity index (χ2n) is 11.2. The molecule has 4 amide bonds. The molecule has 1 saturated heterocycles. The van der Waals surface area contributed by atoms with E-state index in [9.17, 15) is 24.0 Å². The maximum atomic E-state index is 13.4. The standard InChI is InChI=1S/C33H44N4O6S2/c1-5-34-33(42)30(39)27(20-22-10-16-25(43-4)17-11-22)36-32(41)29(21(2)3)37-31(40)23-12-14-24(15-13-23)35-28(38)9-7-6-8-26-18-19-44-45-26/h10-17,21,26-27,29H,5-9,18-20H2,1-4H3,(H,34,42)(H,35,38)(H,36,41)(H,37,40)/t26?,27-,29-/m0/s1. The largest absolute Gasteiger partial charge is 0.497 e. The topological polar surface area (TPSA) is 143 Å². The van der Waals surface area contributed by atoms with Gasteiger partial charge in [-0.15, -0.1) is 0 Å². The number of hydrogen-bond acceptors (Lipinski definition) is 8. The van der Waals surface area contributed by atoms with Crippen LogP contribution < -0.4 is 26.0 Å². The number of methoxy groups -OCH3 is 1. The van der Waals surface area contributed by atoms with Crippen LogP contribution in [0.3, 0.4) is 0 Å². The first-order valence-corrected chi connectivity index (χ1v) is 17.7. The summed E-state index contributed by atoms with van der Waals surface area (Å²) in [6.07, 6.45) is 4.77. The lowest BCUT2D eigenvalue weighted by Gasteiger charge is -2.25. The molecule has 0 saturated carbocycles. The first-order chi connectivity index (χ1) is 21.6. The van der Waals surface area contributed by atoms with Crippen LogP contribution in [-0.4, -0.2) is 66.2 Å². The smallest absolute Gasteiger partial charge is 0.289 e. The van der Waals surface area contributed by atoms with Crippen molar-refractivity contribution in [1.82, 2.24) is 16.0 Å². The lowest BCUT2D eigenvalue weighted by Crippen LogP contribution is -2.56. The number of ketones is 1. The van der Waals surface area contributed by atoms with E-state index >= 15 is 0 Å². The van der Waals surface area contributed by atoms with Gasteiger partial charge in [-0.1, -0.05) is 54.0 Å². The summed E-state index contributed by atoms with van der Waals surface area (Å²) in [5.74, 6) is -1.18. The van der Waals surface area contributed by atoms with Crippen LogP contribution in [0.2, 0.25) is 0 Å². The van der Waals surface area contributed by atoms with Crippen LogP contribution in [-0.2, 0) is 25.6 Å². The second-order valence-corrected chi connectivity index (χ2v) is 14.0. The number of carbonyl (C=O) groups excluding carboxylic acids is 5. The quantitative estimate of drug-likeness (QED) is 0.111. The van der Waals surface area contributed by atoms with Gasteiger partial charge in [-0.3, -0.25) is 24.0 Å². The van der Waals surface area contributed by atoms with Crippen molar-refractivity contribution in [1.29, 1.82) is 0 Å². The molecule has 1 unspecified atom stereocenters. The lowest BCUT2D eigenvalue weighted by molar-refractivity contribution is -0.140. The molecule has 0 spiro atoms. The van der Waals surface area contributed by atoms with Crippen LogP contribution in [0.15, 0.2) is 48.5 Å². The molecule has 1 aliphatic heterocycles. The molecule has 244 valence electrons. The number of benzene rings is 2. The molecule has 1 aliphatic rings. The van der Waals surface area contributed by atoms with Gasteiger partial charge in [0.15, 0.2) is 0 Å². The molecule has 2 aromatic carbocycles. The Kier molecular flexibility index (Phi) is 14.8. The van der Waals surface area contributed by atoms with E-state index in [2.05, 4.69) is 21.3 Å². The molecular formula is C33H44N4O6S2. The summed E-state index contributed by atoms with van der Waals surface area (Å²) >= 11 is 0. The highest BCUT2D eigenvalue weighted by atomic mass is 33.1. The Morgan fingerprint density at radius 3 is 2.27 bits per heavy atom. The minimum absolute atomic E-state index is 0.0662. The SMILES string of the molecule is CCNC(=O)C(=O)[C@H](Cc1ccc(OC)cc1)NC(=O)[C@@H](NC(=O)c1ccc(NC(=O)CCCCC2CCSS2)cc1)C(C)C. The van der Waals surface area contributed by atoms with Crippen molar-refractivity contribution in [3.8, 4) is 5.75 Å². The normalized spacial score (nSPS) is 15.5. The Morgan fingerprint density at radius 1 is 0.956 bits per heavy atom. The van der Waals surface area contributed by atoms with E-state index in [0.29, 0.717) is 28.7 Å². The Hall–Kier alpha value is -3.51. The molecule has 3 atom stereocenters. The first kappa shape index (κ1) is 36.0. The number of ether oxygens (including phenoxy) is 1. The molecule has 1 fully saturated rings. The fourth-order valence-electron chi connectivity index (χ4n) is 4.78. The van der Waals surface area contributed by atoms with Crippen LogP contribution in [0.4, 0.5) is 5.69 Å². The van der Waals surface area contributed by atoms with Gasteiger partial charge in [0, 0.05) is 41.6 Å².